The predicted molar refractivity (Wildman–Crippen MR) is 98.2 cm³/mol. The third kappa shape index (κ3) is 3.59. The second-order valence-electron chi connectivity index (χ2n) is 6.78. The Labute approximate surface area is 155 Å². The van der Waals surface area contributed by atoms with Gasteiger partial charge in [0.05, 0.1) is 11.1 Å². The lowest BCUT2D eigenvalue weighted by molar-refractivity contribution is -0.0254. The van der Waals surface area contributed by atoms with Crippen LogP contribution >= 0.6 is 0 Å². The Morgan fingerprint density at radius 2 is 1.93 bits per heavy atom. The minimum Gasteiger partial charge on any atom is -0.445 e. The number of hydrogen-bond donors (Lipinski definition) is 2. The first kappa shape index (κ1) is 17.4. The van der Waals surface area contributed by atoms with Gasteiger partial charge in [0, 0.05) is 13.1 Å². The highest BCUT2D eigenvalue weighted by molar-refractivity contribution is 5.73. The van der Waals surface area contributed by atoms with Crippen LogP contribution in [-0.2, 0) is 16.9 Å². The van der Waals surface area contributed by atoms with Crippen LogP contribution in [-0.4, -0.2) is 34.2 Å². The number of likely N-dealkylation sites (tertiary alicyclic amines) is 1. The number of ether oxygens (including phenoxy) is 1. The number of amides is 1. The second-order valence-corrected chi connectivity index (χ2v) is 6.78. The SMILES string of the molecule is O=C(OCc1ccccc1)N1CCC(O)(c2ccc3[nH]c(=O)oc3c2)CC1. The molecule has 0 bridgehead atoms. The number of piperidine rings is 1. The van der Waals surface area contributed by atoms with Crippen molar-refractivity contribution in [1.82, 2.24) is 9.88 Å². The normalized spacial score (nSPS) is 16.4. The highest BCUT2D eigenvalue weighted by Gasteiger charge is 2.36. The summed E-state index contributed by atoms with van der Waals surface area (Å²) < 4.78 is 10.4. The first-order chi connectivity index (χ1) is 13.0. The molecule has 1 saturated heterocycles. The summed E-state index contributed by atoms with van der Waals surface area (Å²) in [6.07, 6.45) is 0.384. The number of fused-ring (bicyclic) bond motifs is 1. The van der Waals surface area contributed by atoms with E-state index < -0.39 is 11.4 Å². The van der Waals surface area contributed by atoms with E-state index in [1.54, 1.807) is 23.1 Å². The van der Waals surface area contributed by atoms with Crippen molar-refractivity contribution in [2.75, 3.05) is 13.1 Å². The maximum atomic E-state index is 12.3. The lowest BCUT2D eigenvalue weighted by atomic mass is 9.84. The van der Waals surface area contributed by atoms with Gasteiger partial charge in [0.2, 0.25) is 0 Å². The van der Waals surface area contributed by atoms with E-state index in [2.05, 4.69) is 4.98 Å². The van der Waals surface area contributed by atoms with Crippen LogP contribution in [0.1, 0.15) is 24.0 Å². The number of H-pyrrole nitrogens is 1. The zero-order valence-electron chi connectivity index (χ0n) is 14.7. The highest BCUT2D eigenvalue weighted by Crippen LogP contribution is 2.34. The number of benzene rings is 2. The minimum atomic E-state index is -1.07. The molecule has 0 atom stereocenters. The quantitative estimate of drug-likeness (QED) is 0.741. The standard InChI is InChI=1S/C20H20N2O5/c23-18-21-16-7-6-15(12-17(16)27-18)20(25)8-10-22(11-9-20)19(24)26-13-14-4-2-1-3-5-14/h1-7,12,25H,8-11,13H2,(H,21,23). The molecule has 0 radical (unpaired) electrons. The maximum Gasteiger partial charge on any atom is 0.417 e. The molecule has 1 aliphatic heterocycles. The Morgan fingerprint density at radius 1 is 1.19 bits per heavy atom. The Kier molecular flexibility index (Phi) is 4.45. The van der Waals surface area contributed by atoms with Gasteiger partial charge in [-0.25, -0.2) is 9.59 Å². The molecule has 0 saturated carbocycles. The van der Waals surface area contributed by atoms with Crippen molar-refractivity contribution in [2.45, 2.75) is 25.0 Å². The zero-order chi connectivity index (χ0) is 18.9. The number of aromatic nitrogens is 1. The van der Waals surface area contributed by atoms with E-state index in [9.17, 15) is 14.7 Å². The molecule has 140 valence electrons. The summed E-state index contributed by atoms with van der Waals surface area (Å²) in [5.74, 6) is -0.523. The minimum absolute atomic E-state index is 0.226. The Bertz CT molecular complexity index is 1000. The third-order valence-corrected chi connectivity index (χ3v) is 5.01. The summed E-state index contributed by atoms with van der Waals surface area (Å²) >= 11 is 0. The number of aromatic amines is 1. The van der Waals surface area contributed by atoms with Gasteiger partial charge in [-0.1, -0.05) is 36.4 Å². The summed E-state index contributed by atoms with van der Waals surface area (Å²) in [6, 6.07) is 14.7. The number of nitrogens with one attached hydrogen (secondary N) is 1. The smallest absolute Gasteiger partial charge is 0.417 e. The van der Waals surface area contributed by atoms with Gasteiger partial charge in [-0.2, -0.15) is 0 Å². The van der Waals surface area contributed by atoms with Gasteiger partial charge in [-0.3, -0.25) is 4.98 Å². The van der Waals surface area contributed by atoms with E-state index in [1.165, 1.54) is 0 Å². The molecular weight excluding hydrogens is 348 g/mol. The van der Waals surface area contributed by atoms with Crippen molar-refractivity contribution >= 4 is 17.2 Å². The molecule has 2 aromatic carbocycles. The molecule has 1 aromatic heterocycles. The number of hydrogen-bond acceptors (Lipinski definition) is 5. The topological polar surface area (TPSA) is 95.8 Å². The van der Waals surface area contributed by atoms with Crippen LogP contribution in [0.5, 0.6) is 0 Å². The molecule has 4 rings (SSSR count). The maximum absolute atomic E-state index is 12.3. The van der Waals surface area contributed by atoms with Crippen LogP contribution in [0.25, 0.3) is 11.1 Å². The monoisotopic (exact) mass is 368 g/mol. The summed E-state index contributed by atoms with van der Waals surface area (Å²) in [5, 5.41) is 11.0. The molecule has 0 aliphatic carbocycles. The van der Waals surface area contributed by atoms with Gasteiger partial charge < -0.3 is 19.2 Å². The van der Waals surface area contributed by atoms with Crippen molar-refractivity contribution < 1.29 is 19.1 Å². The van der Waals surface area contributed by atoms with Crippen molar-refractivity contribution in [1.29, 1.82) is 0 Å². The Balaban J connectivity index is 1.39. The van der Waals surface area contributed by atoms with E-state index in [4.69, 9.17) is 9.15 Å². The average molecular weight is 368 g/mol. The van der Waals surface area contributed by atoms with Gasteiger partial charge in [0.1, 0.15) is 6.61 Å². The molecule has 3 aromatic rings. The highest BCUT2D eigenvalue weighted by atomic mass is 16.6. The molecule has 0 unspecified atom stereocenters. The first-order valence-electron chi connectivity index (χ1n) is 8.85. The van der Waals surface area contributed by atoms with Crippen LogP contribution in [0.15, 0.2) is 57.7 Å². The van der Waals surface area contributed by atoms with E-state index in [0.717, 1.165) is 5.56 Å². The molecule has 7 nitrogen and oxygen atoms in total. The number of nitrogens with zero attached hydrogens (tertiary/aromatic N) is 1. The molecule has 7 heteroatoms. The lowest BCUT2D eigenvalue weighted by Gasteiger charge is -2.37. The van der Waals surface area contributed by atoms with Crippen LogP contribution in [0.4, 0.5) is 4.79 Å². The summed E-state index contributed by atoms with van der Waals surface area (Å²) in [4.78, 5) is 27.7. The van der Waals surface area contributed by atoms with Gasteiger partial charge in [-0.15, -0.1) is 0 Å². The molecule has 27 heavy (non-hydrogen) atoms. The van der Waals surface area contributed by atoms with Crippen molar-refractivity contribution in [3.05, 3.63) is 70.2 Å². The van der Waals surface area contributed by atoms with Gasteiger partial charge >= 0.3 is 11.8 Å². The molecule has 1 amide bonds. The second kappa shape index (κ2) is 6.92. The molecular formula is C20H20N2O5. The zero-order valence-corrected chi connectivity index (χ0v) is 14.7. The largest absolute Gasteiger partial charge is 0.445 e. The van der Waals surface area contributed by atoms with Crippen molar-refractivity contribution in [2.24, 2.45) is 0 Å². The van der Waals surface area contributed by atoms with Gasteiger partial charge in [0.25, 0.3) is 0 Å². The van der Waals surface area contributed by atoms with E-state index in [1.807, 2.05) is 30.3 Å². The fourth-order valence-electron chi connectivity index (χ4n) is 3.39. The third-order valence-electron chi connectivity index (χ3n) is 5.01. The molecule has 1 fully saturated rings. The first-order valence-corrected chi connectivity index (χ1v) is 8.85. The van der Waals surface area contributed by atoms with E-state index >= 15 is 0 Å². The van der Waals surface area contributed by atoms with E-state index in [0.29, 0.717) is 42.6 Å². The lowest BCUT2D eigenvalue weighted by Crippen LogP contribution is -2.45. The molecule has 0 spiro atoms. The van der Waals surface area contributed by atoms with E-state index in [-0.39, 0.29) is 12.7 Å². The average Bonchev–Trinajstić information content (AvgIpc) is 3.06. The summed E-state index contributed by atoms with van der Waals surface area (Å²) in [5.41, 5.74) is 1.54. The number of carbonyl (C=O) groups is 1. The van der Waals surface area contributed by atoms with Crippen molar-refractivity contribution in [3.8, 4) is 0 Å². The van der Waals surface area contributed by atoms with Crippen LogP contribution in [0.2, 0.25) is 0 Å². The fraction of sp³-hybridized carbons (Fsp3) is 0.300. The van der Waals surface area contributed by atoms with Crippen molar-refractivity contribution in [3.63, 3.8) is 0 Å². The summed E-state index contributed by atoms with van der Waals surface area (Å²) in [7, 11) is 0. The molecule has 2 N–H and O–H groups in total. The van der Waals surface area contributed by atoms with Gasteiger partial charge in [-0.05, 0) is 36.1 Å². The fourth-order valence-corrected chi connectivity index (χ4v) is 3.39. The van der Waals surface area contributed by atoms with Gasteiger partial charge in [0.15, 0.2) is 5.58 Å². The number of aliphatic hydroxyl groups is 1. The van der Waals surface area contributed by atoms with Crippen LogP contribution in [0.3, 0.4) is 0 Å². The predicted octanol–water partition coefficient (Wildman–Crippen LogP) is 2.74. The number of carbonyl (C=O) groups excluding carboxylic acids is 1. The number of rotatable bonds is 3. The summed E-state index contributed by atoms with van der Waals surface area (Å²) in [6.45, 7) is 1.00. The molecule has 1 aliphatic rings. The van der Waals surface area contributed by atoms with Crippen LogP contribution < -0.4 is 5.76 Å². The Hall–Kier alpha value is -3.06. The Morgan fingerprint density at radius 3 is 2.67 bits per heavy atom. The molecule has 2 heterocycles. The number of oxazole rings is 1. The van der Waals surface area contributed by atoms with Crippen LogP contribution in [0, 0.1) is 0 Å².